The first-order valence-electron chi connectivity index (χ1n) is 7.87. The Bertz CT molecular complexity index is 541. The molecule has 11 heteroatoms. The Morgan fingerprint density at radius 2 is 1.73 bits per heavy atom. The van der Waals surface area contributed by atoms with Crippen LogP contribution in [0.1, 0.15) is 26.2 Å². The number of carbonyl (C=O) groups is 5. The molecule has 0 heterocycles. The van der Waals surface area contributed by atoms with Crippen molar-refractivity contribution in [3.63, 3.8) is 0 Å². The number of hydrogen-bond donors (Lipinski definition) is 3. The van der Waals surface area contributed by atoms with Crippen molar-refractivity contribution in [2.24, 2.45) is 5.73 Å². The molecule has 148 valence electrons. The van der Waals surface area contributed by atoms with Crippen LogP contribution in [0.25, 0.3) is 0 Å². The molecule has 0 aliphatic carbocycles. The van der Waals surface area contributed by atoms with E-state index in [4.69, 9.17) is 5.73 Å². The minimum absolute atomic E-state index is 0.0244. The Morgan fingerprint density at radius 1 is 1.12 bits per heavy atom. The minimum Gasteiger partial charge on any atom is -0.468 e. The zero-order chi connectivity index (χ0) is 20.3. The van der Waals surface area contributed by atoms with E-state index in [2.05, 4.69) is 27.4 Å². The van der Waals surface area contributed by atoms with E-state index in [-0.39, 0.29) is 25.0 Å². The SMILES string of the molecule is CCC(=O)N(C(=O)CCC(N)C(=O)OC)C(CS)C(=O)NCC(=O)OC. The largest absolute Gasteiger partial charge is 0.468 e. The standard InChI is InChI=1S/C15H25N3O7S/c1-4-11(19)18(12(20)6-5-9(16)15(23)25-3)10(8-26)14(22)17-7-13(21)24-2/h9-10,26H,4-8,16H2,1-3H3,(H,17,22). The number of ether oxygens (including phenoxy) is 2. The van der Waals surface area contributed by atoms with E-state index in [1.54, 1.807) is 0 Å². The Morgan fingerprint density at radius 3 is 2.19 bits per heavy atom. The van der Waals surface area contributed by atoms with Gasteiger partial charge >= 0.3 is 11.9 Å². The summed E-state index contributed by atoms with van der Waals surface area (Å²) in [5.74, 6) is -3.50. The lowest BCUT2D eigenvalue weighted by Gasteiger charge is -2.28. The zero-order valence-corrected chi connectivity index (χ0v) is 15.9. The Labute approximate surface area is 157 Å². The molecule has 0 aliphatic heterocycles. The third-order valence-corrected chi connectivity index (χ3v) is 3.78. The van der Waals surface area contributed by atoms with Crippen LogP contribution < -0.4 is 11.1 Å². The average Bonchev–Trinajstić information content (AvgIpc) is 2.65. The monoisotopic (exact) mass is 391 g/mol. The summed E-state index contributed by atoms with van der Waals surface area (Å²) in [6.07, 6.45) is -0.317. The Balaban J connectivity index is 5.15. The number of hydrogen-bond acceptors (Lipinski definition) is 9. The summed E-state index contributed by atoms with van der Waals surface area (Å²) < 4.78 is 8.88. The first-order valence-corrected chi connectivity index (χ1v) is 8.50. The van der Waals surface area contributed by atoms with Crippen LogP contribution in [0.3, 0.4) is 0 Å². The van der Waals surface area contributed by atoms with Crippen LogP contribution in [-0.4, -0.2) is 73.2 Å². The van der Waals surface area contributed by atoms with E-state index in [1.807, 2.05) is 0 Å². The second-order valence-electron chi connectivity index (χ2n) is 5.17. The third-order valence-electron chi connectivity index (χ3n) is 3.43. The topological polar surface area (TPSA) is 145 Å². The molecule has 0 aromatic carbocycles. The maximum absolute atomic E-state index is 12.4. The quantitative estimate of drug-likeness (QED) is 0.305. The third kappa shape index (κ3) is 7.40. The van der Waals surface area contributed by atoms with Crippen molar-refractivity contribution in [2.75, 3.05) is 26.5 Å². The molecule has 0 saturated carbocycles. The lowest BCUT2D eigenvalue weighted by atomic mass is 10.1. The van der Waals surface area contributed by atoms with Crippen LogP contribution in [0.4, 0.5) is 0 Å². The van der Waals surface area contributed by atoms with Gasteiger partial charge < -0.3 is 20.5 Å². The highest BCUT2D eigenvalue weighted by atomic mass is 32.1. The maximum atomic E-state index is 12.4. The van der Waals surface area contributed by atoms with Gasteiger partial charge in [0.1, 0.15) is 18.6 Å². The number of nitrogens with one attached hydrogen (secondary N) is 1. The van der Waals surface area contributed by atoms with Crippen LogP contribution in [0.15, 0.2) is 0 Å². The predicted octanol–water partition coefficient (Wildman–Crippen LogP) is -1.38. The molecule has 0 aliphatic rings. The van der Waals surface area contributed by atoms with E-state index >= 15 is 0 Å². The van der Waals surface area contributed by atoms with Crippen molar-refractivity contribution in [1.82, 2.24) is 10.2 Å². The fourth-order valence-corrected chi connectivity index (χ4v) is 2.29. The molecule has 0 aromatic rings. The average molecular weight is 391 g/mol. The van der Waals surface area contributed by atoms with Crippen LogP contribution in [-0.2, 0) is 33.4 Å². The molecule has 0 fully saturated rings. The smallest absolute Gasteiger partial charge is 0.325 e. The summed E-state index contributed by atoms with van der Waals surface area (Å²) in [6.45, 7) is 1.12. The molecule has 0 rings (SSSR count). The first-order chi connectivity index (χ1) is 12.2. The van der Waals surface area contributed by atoms with Gasteiger partial charge in [-0.2, -0.15) is 12.6 Å². The fourth-order valence-electron chi connectivity index (χ4n) is 1.96. The van der Waals surface area contributed by atoms with Crippen molar-refractivity contribution < 1.29 is 33.4 Å². The second-order valence-corrected chi connectivity index (χ2v) is 5.54. The Kier molecular flexibility index (Phi) is 11.2. The summed E-state index contributed by atoms with van der Waals surface area (Å²) in [5.41, 5.74) is 5.57. The molecule has 0 aromatic heterocycles. The van der Waals surface area contributed by atoms with E-state index in [9.17, 15) is 24.0 Å². The summed E-state index contributed by atoms with van der Waals surface area (Å²) >= 11 is 4.02. The van der Waals surface area contributed by atoms with Crippen molar-refractivity contribution in [3.05, 3.63) is 0 Å². The second kappa shape index (κ2) is 12.3. The number of carbonyl (C=O) groups excluding carboxylic acids is 5. The van der Waals surface area contributed by atoms with Crippen molar-refractivity contribution in [1.29, 1.82) is 0 Å². The molecule has 2 atom stereocenters. The highest BCUT2D eigenvalue weighted by molar-refractivity contribution is 7.80. The van der Waals surface area contributed by atoms with Gasteiger partial charge in [0.2, 0.25) is 17.7 Å². The molecular weight excluding hydrogens is 366 g/mol. The van der Waals surface area contributed by atoms with Gasteiger partial charge in [-0.1, -0.05) is 6.92 Å². The number of nitrogens with zero attached hydrogens (tertiary/aromatic N) is 1. The number of amides is 3. The normalized spacial score (nSPS) is 12.5. The zero-order valence-electron chi connectivity index (χ0n) is 15.0. The van der Waals surface area contributed by atoms with Crippen LogP contribution >= 0.6 is 12.6 Å². The molecule has 3 N–H and O–H groups in total. The van der Waals surface area contributed by atoms with E-state index in [1.165, 1.54) is 14.0 Å². The molecular formula is C15H25N3O7S. The summed E-state index contributed by atoms with van der Waals surface area (Å²) in [7, 11) is 2.32. The molecule has 0 saturated heterocycles. The first kappa shape index (κ1) is 23.9. The van der Waals surface area contributed by atoms with Gasteiger partial charge in [-0.3, -0.25) is 28.9 Å². The lowest BCUT2D eigenvalue weighted by molar-refractivity contribution is -0.151. The summed E-state index contributed by atoms with van der Waals surface area (Å²) in [6, 6.07) is -2.23. The van der Waals surface area contributed by atoms with Gasteiger partial charge in [0.15, 0.2) is 0 Å². The van der Waals surface area contributed by atoms with Crippen molar-refractivity contribution in [2.45, 2.75) is 38.3 Å². The van der Waals surface area contributed by atoms with Gasteiger partial charge in [-0.25, -0.2) is 0 Å². The number of esters is 2. The molecule has 10 nitrogen and oxygen atoms in total. The fraction of sp³-hybridized carbons (Fsp3) is 0.667. The van der Waals surface area contributed by atoms with Crippen LogP contribution in [0.5, 0.6) is 0 Å². The predicted molar refractivity (Wildman–Crippen MR) is 94.0 cm³/mol. The van der Waals surface area contributed by atoms with Crippen molar-refractivity contribution in [3.8, 4) is 0 Å². The highest BCUT2D eigenvalue weighted by Crippen LogP contribution is 2.11. The van der Waals surface area contributed by atoms with E-state index in [0.717, 1.165) is 12.0 Å². The van der Waals surface area contributed by atoms with E-state index < -0.39 is 48.3 Å². The number of rotatable bonds is 10. The molecule has 0 bridgehead atoms. The van der Waals surface area contributed by atoms with Gasteiger partial charge in [0, 0.05) is 18.6 Å². The molecule has 0 radical (unpaired) electrons. The molecule has 2 unspecified atom stereocenters. The van der Waals surface area contributed by atoms with Gasteiger partial charge in [0.05, 0.1) is 14.2 Å². The summed E-state index contributed by atoms with van der Waals surface area (Å²) in [4.78, 5) is 60.1. The molecule has 3 amide bonds. The van der Waals surface area contributed by atoms with Gasteiger partial charge in [0.25, 0.3) is 0 Å². The molecule has 0 spiro atoms. The summed E-state index contributed by atoms with van der Waals surface area (Å²) in [5, 5.41) is 2.28. The lowest BCUT2D eigenvalue weighted by Crippen LogP contribution is -2.54. The van der Waals surface area contributed by atoms with Gasteiger partial charge in [-0.05, 0) is 6.42 Å². The molecule has 26 heavy (non-hydrogen) atoms. The number of thiol groups is 1. The number of imide groups is 1. The highest BCUT2D eigenvalue weighted by Gasteiger charge is 2.33. The van der Waals surface area contributed by atoms with Gasteiger partial charge in [-0.15, -0.1) is 0 Å². The maximum Gasteiger partial charge on any atom is 0.325 e. The van der Waals surface area contributed by atoms with E-state index in [0.29, 0.717) is 0 Å². The minimum atomic E-state index is -1.21. The van der Waals surface area contributed by atoms with Crippen LogP contribution in [0, 0.1) is 0 Å². The Hall–Kier alpha value is -2.14. The van der Waals surface area contributed by atoms with Crippen molar-refractivity contribution >= 4 is 42.3 Å². The van der Waals surface area contributed by atoms with Crippen LogP contribution in [0.2, 0.25) is 0 Å². The number of nitrogens with two attached hydrogens (primary N) is 1. The number of methoxy groups -OCH3 is 2.